The SMILES string of the molecule is CCCC/C=C\CCCCCCCC(=O)OCCCCCCCCCCCCCC/C=C\CCCCCCCCCCCCCCCCCC(=O)NC(CO)C(O)CCCCCCCCCCCCC. The molecule has 414 valence electrons. The van der Waals surface area contributed by atoms with Gasteiger partial charge in [0.2, 0.25) is 5.91 Å². The Labute approximate surface area is 437 Å². The summed E-state index contributed by atoms with van der Waals surface area (Å²) in [4.78, 5) is 24.4. The molecule has 0 saturated carbocycles. The Bertz CT molecular complexity index is 1090. The molecule has 0 aliphatic carbocycles. The van der Waals surface area contributed by atoms with Crippen molar-refractivity contribution < 1.29 is 24.5 Å². The number of esters is 1. The molecule has 0 saturated heterocycles. The van der Waals surface area contributed by atoms with Crippen molar-refractivity contribution in [3.63, 3.8) is 0 Å². The van der Waals surface area contributed by atoms with E-state index < -0.39 is 12.1 Å². The molecule has 0 aromatic rings. The number of unbranched alkanes of at least 4 members (excludes halogenated alkanes) is 44. The van der Waals surface area contributed by atoms with Gasteiger partial charge < -0.3 is 20.3 Å². The first kappa shape index (κ1) is 68.3. The lowest BCUT2D eigenvalue weighted by atomic mass is 10.0. The Hall–Kier alpha value is -1.66. The van der Waals surface area contributed by atoms with Crippen molar-refractivity contribution in [1.82, 2.24) is 5.32 Å². The van der Waals surface area contributed by atoms with E-state index in [2.05, 4.69) is 43.5 Å². The minimum Gasteiger partial charge on any atom is -0.466 e. The first-order valence-electron chi connectivity index (χ1n) is 31.6. The number of carbonyl (C=O) groups excluding carboxylic acids is 2. The van der Waals surface area contributed by atoms with E-state index in [4.69, 9.17) is 4.74 Å². The van der Waals surface area contributed by atoms with E-state index in [-0.39, 0.29) is 18.5 Å². The average Bonchev–Trinajstić information content (AvgIpc) is 3.36. The number of hydrogen-bond acceptors (Lipinski definition) is 5. The lowest BCUT2D eigenvalue weighted by Gasteiger charge is -2.22. The highest BCUT2D eigenvalue weighted by atomic mass is 16.5. The van der Waals surface area contributed by atoms with Gasteiger partial charge in [-0.05, 0) is 70.6 Å². The fraction of sp³-hybridized carbons (Fsp3) is 0.906. The summed E-state index contributed by atoms with van der Waals surface area (Å²) in [6.45, 7) is 4.92. The van der Waals surface area contributed by atoms with Gasteiger partial charge in [0.15, 0.2) is 0 Å². The van der Waals surface area contributed by atoms with Crippen molar-refractivity contribution >= 4 is 11.9 Å². The Morgan fingerprint density at radius 1 is 0.386 bits per heavy atom. The third kappa shape index (κ3) is 55.7. The molecule has 3 N–H and O–H groups in total. The fourth-order valence-corrected chi connectivity index (χ4v) is 9.85. The van der Waals surface area contributed by atoms with E-state index in [0.717, 1.165) is 44.9 Å². The lowest BCUT2D eigenvalue weighted by Crippen LogP contribution is -2.45. The molecule has 2 unspecified atom stereocenters. The number of allylic oxidation sites excluding steroid dienone is 4. The quantitative estimate of drug-likeness (QED) is 0.0321. The van der Waals surface area contributed by atoms with Crippen molar-refractivity contribution in [2.45, 2.75) is 360 Å². The van der Waals surface area contributed by atoms with Crippen molar-refractivity contribution in [2.75, 3.05) is 13.2 Å². The summed E-state index contributed by atoms with van der Waals surface area (Å²) >= 11 is 0. The minimum atomic E-state index is -0.661. The molecule has 0 fully saturated rings. The first-order valence-corrected chi connectivity index (χ1v) is 31.6. The third-order valence-corrected chi connectivity index (χ3v) is 14.7. The molecule has 0 spiro atoms. The molecular weight excluding hydrogens is 863 g/mol. The molecule has 0 heterocycles. The molecule has 0 bridgehead atoms. The number of nitrogens with one attached hydrogen (secondary N) is 1. The highest BCUT2D eigenvalue weighted by Crippen LogP contribution is 2.18. The largest absolute Gasteiger partial charge is 0.466 e. The lowest BCUT2D eigenvalue weighted by molar-refractivity contribution is -0.143. The molecule has 0 rings (SSSR count). The second-order valence-electron chi connectivity index (χ2n) is 21.7. The second-order valence-corrected chi connectivity index (χ2v) is 21.7. The zero-order valence-electron chi connectivity index (χ0n) is 47.3. The zero-order valence-corrected chi connectivity index (χ0v) is 47.3. The van der Waals surface area contributed by atoms with E-state index in [1.165, 1.54) is 270 Å². The van der Waals surface area contributed by atoms with Crippen LogP contribution in [0.3, 0.4) is 0 Å². The number of aliphatic hydroxyl groups is 2. The predicted molar refractivity (Wildman–Crippen MR) is 306 cm³/mol. The van der Waals surface area contributed by atoms with Crippen molar-refractivity contribution in [1.29, 1.82) is 0 Å². The number of ether oxygens (including phenoxy) is 1. The van der Waals surface area contributed by atoms with Crippen LogP contribution in [0.25, 0.3) is 0 Å². The summed E-state index contributed by atoms with van der Waals surface area (Å²) < 4.78 is 5.46. The summed E-state index contributed by atoms with van der Waals surface area (Å²) in [6, 6.07) is -0.538. The summed E-state index contributed by atoms with van der Waals surface area (Å²) in [5.74, 6) is -0.0260. The van der Waals surface area contributed by atoms with Crippen LogP contribution in [0.2, 0.25) is 0 Å². The molecule has 0 aromatic carbocycles. The van der Waals surface area contributed by atoms with Gasteiger partial charge in [0.1, 0.15) is 0 Å². The van der Waals surface area contributed by atoms with Crippen LogP contribution in [0.4, 0.5) is 0 Å². The standard InChI is InChI=1S/C64H123NO5/c1-3-5-7-9-11-13-36-40-44-48-52-56-62(67)61(60-66)65-63(68)57-53-49-45-41-38-34-32-30-28-26-24-22-20-18-16-15-17-19-21-23-25-27-29-31-33-35-39-43-47-51-55-59-70-64(69)58-54-50-46-42-37-14-12-10-8-6-4-2/h10,12,17,19,61-62,66-67H,3-9,11,13-16,18,20-60H2,1-2H3,(H,65,68)/b12-10-,19-17-. The summed E-state index contributed by atoms with van der Waals surface area (Å²) in [5.41, 5.74) is 0. The van der Waals surface area contributed by atoms with Crippen molar-refractivity contribution in [3.8, 4) is 0 Å². The monoisotopic (exact) mass is 986 g/mol. The van der Waals surface area contributed by atoms with Gasteiger partial charge in [0.25, 0.3) is 0 Å². The van der Waals surface area contributed by atoms with Gasteiger partial charge in [-0.3, -0.25) is 9.59 Å². The number of carbonyl (C=O) groups is 2. The molecule has 0 aliphatic heterocycles. The number of hydrogen-bond donors (Lipinski definition) is 3. The number of rotatable bonds is 59. The van der Waals surface area contributed by atoms with Crippen molar-refractivity contribution in [2.24, 2.45) is 0 Å². The van der Waals surface area contributed by atoms with Crippen LogP contribution in [-0.4, -0.2) is 47.4 Å². The molecule has 0 aromatic heterocycles. The third-order valence-electron chi connectivity index (χ3n) is 14.7. The van der Waals surface area contributed by atoms with Gasteiger partial charge in [-0.25, -0.2) is 0 Å². The molecule has 0 aliphatic rings. The molecule has 0 radical (unpaired) electrons. The van der Waals surface area contributed by atoms with E-state index in [1.54, 1.807) is 0 Å². The van der Waals surface area contributed by atoms with E-state index in [1.807, 2.05) is 0 Å². The van der Waals surface area contributed by atoms with Gasteiger partial charge in [0.05, 0.1) is 25.4 Å². The molecule has 6 heteroatoms. The maximum absolute atomic E-state index is 12.4. The Kier molecular flexibility index (Phi) is 58.5. The van der Waals surface area contributed by atoms with Gasteiger partial charge in [-0.1, -0.05) is 289 Å². The summed E-state index contributed by atoms with van der Waals surface area (Å²) in [7, 11) is 0. The van der Waals surface area contributed by atoms with Crippen LogP contribution in [-0.2, 0) is 14.3 Å². The van der Waals surface area contributed by atoms with Gasteiger partial charge in [-0.2, -0.15) is 0 Å². The van der Waals surface area contributed by atoms with Gasteiger partial charge in [0, 0.05) is 12.8 Å². The predicted octanol–water partition coefficient (Wildman–Crippen LogP) is 19.8. The summed E-state index contributed by atoms with van der Waals surface area (Å²) in [5, 5.41) is 23.2. The van der Waals surface area contributed by atoms with E-state index in [0.29, 0.717) is 25.9 Å². The molecule has 70 heavy (non-hydrogen) atoms. The maximum atomic E-state index is 12.4. The highest BCUT2D eigenvalue weighted by Gasteiger charge is 2.20. The fourth-order valence-electron chi connectivity index (χ4n) is 9.85. The highest BCUT2D eigenvalue weighted by molar-refractivity contribution is 5.76. The molecule has 6 nitrogen and oxygen atoms in total. The Morgan fingerprint density at radius 3 is 1.06 bits per heavy atom. The molecule has 2 atom stereocenters. The molecule has 1 amide bonds. The van der Waals surface area contributed by atoms with Gasteiger partial charge in [-0.15, -0.1) is 0 Å². The zero-order chi connectivity index (χ0) is 50.7. The average molecular weight is 987 g/mol. The maximum Gasteiger partial charge on any atom is 0.305 e. The van der Waals surface area contributed by atoms with Crippen LogP contribution in [0, 0.1) is 0 Å². The van der Waals surface area contributed by atoms with Crippen LogP contribution >= 0.6 is 0 Å². The minimum absolute atomic E-state index is 0.00663. The first-order chi connectivity index (χ1) is 34.5. The number of amides is 1. The smallest absolute Gasteiger partial charge is 0.305 e. The van der Waals surface area contributed by atoms with E-state index in [9.17, 15) is 19.8 Å². The molecular formula is C64H123NO5. The Morgan fingerprint density at radius 2 is 0.686 bits per heavy atom. The summed E-state index contributed by atoms with van der Waals surface area (Å²) in [6.07, 6.45) is 73.5. The van der Waals surface area contributed by atoms with Crippen LogP contribution in [0.15, 0.2) is 24.3 Å². The normalized spacial score (nSPS) is 12.7. The van der Waals surface area contributed by atoms with E-state index >= 15 is 0 Å². The van der Waals surface area contributed by atoms with Crippen LogP contribution in [0.1, 0.15) is 348 Å². The van der Waals surface area contributed by atoms with Crippen LogP contribution < -0.4 is 5.32 Å². The number of aliphatic hydroxyl groups excluding tert-OH is 2. The van der Waals surface area contributed by atoms with Gasteiger partial charge >= 0.3 is 5.97 Å². The Balaban J connectivity index is 3.34. The van der Waals surface area contributed by atoms with Crippen molar-refractivity contribution in [3.05, 3.63) is 24.3 Å². The second kappa shape index (κ2) is 59.9. The van der Waals surface area contributed by atoms with Crippen LogP contribution in [0.5, 0.6) is 0 Å². The topological polar surface area (TPSA) is 95.9 Å².